The van der Waals surface area contributed by atoms with Crippen molar-refractivity contribution in [1.29, 1.82) is 5.26 Å². The van der Waals surface area contributed by atoms with Crippen molar-refractivity contribution in [2.24, 2.45) is 0 Å². The third-order valence-corrected chi connectivity index (χ3v) is 1.65. The predicted octanol–water partition coefficient (Wildman–Crippen LogP) is 2.54. The van der Waals surface area contributed by atoms with Gasteiger partial charge in [-0.2, -0.15) is 5.26 Å². The zero-order valence-electron chi connectivity index (χ0n) is 7.26. The number of anilines is 1. The molecule has 0 bridgehead atoms. The maximum atomic E-state index is 13.0. The normalized spacial score (nSPS) is 9.23. The predicted molar refractivity (Wildman–Crippen MR) is 49.7 cm³/mol. The summed E-state index contributed by atoms with van der Waals surface area (Å²) >= 11 is 0. The lowest BCUT2D eigenvalue weighted by Crippen LogP contribution is -2.02. The third kappa shape index (κ3) is 3.12. The number of benzene rings is 1. The number of nitrogens with zero attached hydrogens (tertiary/aromatic N) is 1. The standard InChI is InChI=1S/C10H11FN2/c11-9-5-1-2-6-10(9)13-8-4-3-7-12/h1-2,5-6,13H,3-4,8H2. The van der Waals surface area contributed by atoms with Crippen molar-refractivity contribution in [3.05, 3.63) is 30.1 Å². The Kier molecular flexibility index (Phi) is 3.77. The van der Waals surface area contributed by atoms with E-state index in [0.29, 0.717) is 18.7 Å². The summed E-state index contributed by atoms with van der Waals surface area (Å²) in [6.07, 6.45) is 1.24. The summed E-state index contributed by atoms with van der Waals surface area (Å²) in [5.41, 5.74) is 0.500. The van der Waals surface area contributed by atoms with Gasteiger partial charge in [-0.15, -0.1) is 0 Å². The molecule has 1 aromatic rings. The molecule has 1 N–H and O–H groups in total. The van der Waals surface area contributed by atoms with E-state index in [1.54, 1.807) is 18.2 Å². The molecule has 0 saturated carbocycles. The molecule has 0 aromatic heterocycles. The van der Waals surface area contributed by atoms with Gasteiger partial charge in [-0.3, -0.25) is 0 Å². The SMILES string of the molecule is N#CCCCNc1ccccc1F. The van der Waals surface area contributed by atoms with Gasteiger partial charge in [-0.1, -0.05) is 12.1 Å². The van der Waals surface area contributed by atoms with Crippen LogP contribution in [0.4, 0.5) is 10.1 Å². The van der Waals surface area contributed by atoms with Crippen molar-refractivity contribution in [3.63, 3.8) is 0 Å². The van der Waals surface area contributed by atoms with Crippen LogP contribution in [-0.2, 0) is 0 Å². The highest BCUT2D eigenvalue weighted by molar-refractivity contribution is 5.44. The van der Waals surface area contributed by atoms with Crippen LogP contribution in [0.3, 0.4) is 0 Å². The van der Waals surface area contributed by atoms with E-state index in [4.69, 9.17) is 5.26 Å². The molecular formula is C10H11FN2. The average molecular weight is 178 g/mol. The van der Waals surface area contributed by atoms with Gasteiger partial charge < -0.3 is 5.32 Å². The van der Waals surface area contributed by atoms with E-state index in [1.807, 2.05) is 6.07 Å². The van der Waals surface area contributed by atoms with Crippen LogP contribution in [0.15, 0.2) is 24.3 Å². The number of rotatable bonds is 4. The maximum absolute atomic E-state index is 13.0. The van der Waals surface area contributed by atoms with E-state index in [9.17, 15) is 4.39 Å². The molecule has 0 saturated heterocycles. The van der Waals surface area contributed by atoms with Gasteiger partial charge in [0.1, 0.15) is 5.82 Å². The first-order valence-corrected chi connectivity index (χ1v) is 4.20. The van der Waals surface area contributed by atoms with E-state index < -0.39 is 0 Å². The lowest BCUT2D eigenvalue weighted by atomic mass is 10.3. The maximum Gasteiger partial charge on any atom is 0.146 e. The van der Waals surface area contributed by atoms with Crippen LogP contribution in [0, 0.1) is 17.1 Å². The number of nitriles is 1. The van der Waals surface area contributed by atoms with Crippen molar-refractivity contribution in [1.82, 2.24) is 0 Å². The van der Waals surface area contributed by atoms with Crippen LogP contribution in [0.2, 0.25) is 0 Å². The van der Waals surface area contributed by atoms with Gasteiger partial charge in [0.25, 0.3) is 0 Å². The average Bonchev–Trinajstić information content (AvgIpc) is 2.15. The van der Waals surface area contributed by atoms with Crippen molar-refractivity contribution in [2.75, 3.05) is 11.9 Å². The molecular weight excluding hydrogens is 167 g/mol. The summed E-state index contributed by atoms with van der Waals surface area (Å²) in [6.45, 7) is 0.633. The summed E-state index contributed by atoms with van der Waals surface area (Å²) in [6, 6.07) is 8.55. The number of unbranched alkanes of at least 4 members (excludes halogenated alkanes) is 1. The van der Waals surface area contributed by atoms with E-state index in [-0.39, 0.29) is 5.82 Å². The molecule has 13 heavy (non-hydrogen) atoms. The zero-order chi connectivity index (χ0) is 9.52. The Hall–Kier alpha value is -1.56. The molecule has 0 heterocycles. The molecule has 0 aliphatic heterocycles. The minimum absolute atomic E-state index is 0.251. The monoisotopic (exact) mass is 178 g/mol. The van der Waals surface area contributed by atoms with Crippen molar-refractivity contribution in [2.45, 2.75) is 12.8 Å². The summed E-state index contributed by atoms with van der Waals surface area (Å²) in [5, 5.41) is 11.2. The number of nitrogens with one attached hydrogen (secondary N) is 1. The second kappa shape index (κ2) is 5.15. The lowest BCUT2D eigenvalue weighted by Gasteiger charge is -2.04. The van der Waals surface area contributed by atoms with Crippen LogP contribution in [0.1, 0.15) is 12.8 Å². The first kappa shape index (κ1) is 9.53. The smallest absolute Gasteiger partial charge is 0.146 e. The molecule has 2 nitrogen and oxygen atoms in total. The van der Waals surface area contributed by atoms with Gasteiger partial charge >= 0.3 is 0 Å². The van der Waals surface area contributed by atoms with Crippen molar-refractivity contribution < 1.29 is 4.39 Å². The van der Waals surface area contributed by atoms with Gasteiger partial charge in [0.05, 0.1) is 11.8 Å². The van der Waals surface area contributed by atoms with E-state index >= 15 is 0 Å². The number of halogens is 1. The molecule has 1 aromatic carbocycles. The number of hydrogen-bond donors (Lipinski definition) is 1. The van der Waals surface area contributed by atoms with E-state index in [2.05, 4.69) is 5.32 Å². The van der Waals surface area contributed by atoms with Crippen molar-refractivity contribution in [3.8, 4) is 6.07 Å². The molecule has 0 aliphatic carbocycles. The first-order chi connectivity index (χ1) is 6.34. The highest BCUT2D eigenvalue weighted by Crippen LogP contribution is 2.11. The Balaban J connectivity index is 2.37. The second-order valence-electron chi connectivity index (χ2n) is 2.67. The van der Waals surface area contributed by atoms with Crippen LogP contribution in [-0.4, -0.2) is 6.54 Å². The fourth-order valence-corrected chi connectivity index (χ4v) is 0.995. The number of hydrogen-bond acceptors (Lipinski definition) is 2. The third-order valence-electron chi connectivity index (χ3n) is 1.65. The fourth-order valence-electron chi connectivity index (χ4n) is 0.995. The minimum atomic E-state index is -0.251. The number of para-hydroxylation sites is 1. The Bertz CT molecular complexity index is 304. The molecule has 0 radical (unpaired) electrons. The largest absolute Gasteiger partial charge is 0.383 e. The van der Waals surface area contributed by atoms with Crippen LogP contribution >= 0.6 is 0 Å². The van der Waals surface area contributed by atoms with Gasteiger partial charge in [0.15, 0.2) is 0 Å². The van der Waals surface area contributed by atoms with Crippen LogP contribution in [0.25, 0.3) is 0 Å². The highest BCUT2D eigenvalue weighted by atomic mass is 19.1. The first-order valence-electron chi connectivity index (χ1n) is 4.20. The Morgan fingerprint density at radius 3 is 2.85 bits per heavy atom. The molecule has 0 amide bonds. The van der Waals surface area contributed by atoms with Gasteiger partial charge in [0, 0.05) is 13.0 Å². The molecule has 3 heteroatoms. The molecule has 0 spiro atoms. The Morgan fingerprint density at radius 1 is 1.38 bits per heavy atom. The quantitative estimate of drug-likeness (QED) is 0.719. The van der Waals surface area contributed by atoms with E-state index in [0.717, 1.165) is 6.42 Å². The Morgan fingerprint density at radius 2 is 2.15 bits per heavy atom. The van der Waals surface area contributed by atoms with Crippen LogP contribution in [0.5, 0.6) is 0 Å². The summed E-state index contributed by atoms with van der Waals surface area (Å²) in [5.74, 6) is -0.251. The topological polar surface area (TPSA) is 35.8 Å². The zero-order valence-corrected chi connectivity index (χ0v) is 7.26. The fraction of sp³-hybridized carbons (Fsp3) is 0.300. The van der Waals surface area contributed by atoms with Gasteiger partial charge in [-0.25, -0.2) is 4.39 Å². The molecule has 0 fully saturated rings. The second-order valence-corrected chi connectivity index (χ2v) is 2.67. The Labute approximate surface area is 77.0 Å². The molecule has 1 rings (SSSR count). The van der Waals surface area contributed by atoms with Crippen LogP contribution < -0.4 is 5.32 Å². The summed E-state index contributed by atoms with van der Waals surface area (Å²) in [7, 11) is 0. The van der Waals surface area contributed by atoms with E-state index in [1.165, 1.54) is 6.07 Å². The summed E-state index contributed by atoms with van der Waals surface area (Å²) in [4.78, 5) is 0. The lowest BCUT2D eigenvalue weighted by molar-refractivity contribution is 0.629. The van der Waals surface area contributed by atoms with Crippen molar-refractivity contribution >= 4 is 5.69 Å². The highest BCUT2D eigenvalue weighted by Gasteiger charge is 1.97. The molecule has 68 valence electrons. The minimum Gasteiger partial charge on any atom is -0.383 e. The summed E-state index contributed by atoms with van der Waals surface area (Å²) < 4.78 is 13.0. The molecule has 0 aliphatic rings. The van der Waals surface area contributed by atoms with Gasteiger partial charge in [0.2, 0.25) is 0 Å². The van der Waals surface area contributed by atoms with Gasteiger partial charge in [-0.05, 0) is 18.6 Å². The molecule has 0 unspecified atom stereocenters. The molecule has 0 atom stereocenters.